The average molecular weight is 207 g/mol. The largest absolute Gasteiger partial charge is 0.370 e. The summed E-state index contributed by atoms with van der Waals surface area (Å²) < 4.78 is 1.97. The van der Waals surface area contributed by atoms with Crippen molar-refractivity contribution in [2.24, 2.45) is 17.4 Å². The van der Waals surface area contributed by atoms with E-state index in [0.717, 1.165) is 0 Å². The zero-order valence-electron chi connectivity index (χ0n) is 8.73. The van der Waals surface area contributed by atoms with Crippen molar-refractivity contribution in [1.82, 2.24) is 4.57 Å². The number of primary amides is 1. The number of hydrogen-bond donors (Lipinski definition) is 2. The van der Waals surface area contributed by atoms with Crippen LogP contribution in [-0.2, 0) is 11.3 Å². The molecule has 1 atom stereocenters. The average Bonchev–Trinajstić information content (AvgIpc) is 2.93. The molecule has 1 aromatic rings. The fraction of sp³-hybridized carbons (Fsp3) is 0.545. The van der Waals surface area contributed by atoms with Gasteiger partial charge in [0.25, 0.3) is 0 Å². The van der Waals surface area contributed by atoms with Gasteiger partial charge in [-0.05, 0) is 30.4 Å². The van der Waals surface area contributed by atoms with Crippen LogP contribution in [0.15, 0.2) is 18.5 Å². The Labute approximate surface area is 89.2 Å². The molecule has 4 N–H and O–H groups in total. The Balaban J connectivity index is 1.93. The summed E-state index contributed by atoms with van der Waals surface area (Å²) in [7, 11) is 0. The van der Waals surface area contributed by atoms with E-state index in [1.807, 2.05) is 23.0 Å². The molecule has 15 heavy (non-hydrogen) atoms. The monoisotopic (exact) mass is 207 g/mol. The molecule has 4 heteroatoms. The van der Waals surface area contributed by atoms with E-state index < -0.39 is 0 Å². The van der Waals surface area contributed by atoms with Gasteiger partial charge in [0.15, 0.2) is 0 Å². The van der Waals surface area contributed by atoms with Gasteiger partial charge in [0.1, 0.15) is 0 Å². The maximum Gasteiger partial charge on any atom is 0.219 e. The smallest absolute Gasteiger partial charge is 0.219 e. The number of amides is 1. The van der Waals surface area contributed by atoms with Crippen LogP contribution in [0, 0.1) is 5.92 Å². The van der Waals surface area contributed by atoms with Crippen molar-refractivity contribution < 1.29 is 4.79 Å². The van der Waals surface area contributed by atoms with Gasteiger partial charge in [-0.25, -0.2) is 0 Å². The van der Waals surface area contributed by atoms with E-state index >= 15 is 0 Å². The maximum atomic E-state index is 10.6. The summed E-state index contributed by atoms with van der Waals surface area (Å²) >= 11 is 0. The second-order valence-corrected chi connectivity index (χ2v) is 4.26. The minimum absolute atomic E-state index is 0.167. The summed E-state index contributed by atoms with van der Waals surface area (Å²) in [6, 6.07) is 2.20. The van der Waals surface area contributed by atoms with Crippen molar-refractivity contribution >= 4 is 5.91 Å². The van der Waals surface area contributed by atoms with Crippen molar-refractivity contribution in [1.29, 1.82) is 0 Å². The molecular weight excluding hydrogens is 190 g/mol. The standard InChI is InChI=1S/C11H17N3O/c12-10(15)4-6-14-5-3-9(7-14)11(13)8-1-2-8/h3,5,7-8,11H,1-2,4,6,13H2,(H2,12,15). The Morgan fingerprint density at radius 3 is 2.93 bits per heavy atom. The highest BCUT2D eigenvalue weighted by molar-refractivity contribution is 5.73. The Kier molecular flexibility index (Phi) is 2.77. The van der Waals surface area contributed by atoms with Crippen molar-refractivity contribution in [2.75, 3.05) is 0 Å². The van der Waals surface area contributed by atoms with Crippen LogP contribution >= 0.6 is 0 Å². The van der Waals surface area contributed by atoms with Crippen LogP contribution in [0.5, 0.6) is 0 Å². The fourth-order valence-electron chi connectivity index (χ4n) is 1.76. The van der Waals surface area contributed by atoms with Crippen LogP contribution in [-0.4, -0.2) is 10.5 Å². The number of nitrogens with two attached hydrogens (primary N) is 2. The number of hydrogen-bond acceptors (Lipinski definition) is 2. The molecule has 1 aromatic heterocycles. The third kappa shape index (κ3) is 2.59. The Hall–Kier alpha value is -1.29. The highest BCUT2D eigenvalue weighted by atomic mass is 16.1. The molecule has 1 amide bonds. The molecule has 1 unspecified atom stereocenters. The van der Waals surface area contributed by atoms with E-state index in [-0.39, 0.29) is 11.9 Å². The molecule has 4 nitrogen and oxygen atoms in total. The first-order chi connectivity index (χ1) is 7.16. The first-order valence-corrected chi connectivity index (χ1v) is 5.36. The van der Waals surface area contributed by atoms with Gasteiger partial charge in [-0.1, -0.05) is 0 Å². The summed E-state index contributed by atoms with van der Waals surface area (Å²) in [5.41, 5.74) is 12.3. The van der Waals surface area contributed by atoms with Crippen LogP contribution in [0.4, 0.5) is 0 Å². The lowest BCUT2D eigenvalue weighted by atomic mass is 10.1. The minimum atomic E-state index is -0.267. The Morgan fingerprint density at radius 2 is 2.33 bits per heavy atom. The Bertz CT molecular complexity index is 354. The lowest BCUT2D eigenvalue weighted by Gasteiger charge is -2.07. The van der Waals surface area contributed by atoms with Crippen molar-refractivity contribution in [3.8, 4) is 0 Å². The highest BCUT2D eigenvalue weighted by Crippen LogP contribution is 2.39. The normalized spacial score (nSPS) is 17.7. The van der Waals surface area contributed by atoms with E-state index in [4.69, 9.17) is 11.5 Å². The number of aromatic nitrogens is 1. The number of rotatable bonds is 5. The summed E-state index contributed by atoms with van der Waals surface area (Å²) in [5, 5.41) is 0. The molecule has 1 aliphatic carbocycles. The first kappa shape index (κ1) is 10.2. The van der Waals surface area contributed by atoms with Gasteiger partial charge < -0.3 is 16.0 Å². The molecular formula is C11H17N3O. The van der Waals surface area contributed by atoms with Crippen LogP contribution in [0.2, 0.25) is 0 Å². The summed E-state index contributed by atoms with van der Waals surface area (Å²) in [5.74, 6) is 0.397. The molecule has 0 saturated heterocycles. The van der Waals surface area contributed by atoms with Crippen LogP contribution in [0.1, 0.15) is 30.9 Å². The van der Waals surface area contributed by atoms with Gasteiger partial charge in [-0.2, -0.15) is 0 Å². The van der Waals surface area contributed by atoms with Crippen LogP contribution in [0.25, 0.3) is 0 Å². The van der Waals surface area contributed by atoms with E-state index in [1.54, 1.807) is 0 Å². The predicted molar refractivity (Wildman–Crippen MR) is 57.9 cm³/mol. The zero-order chi connectivity index (χ0) is 10.8. The quantitative estimate of drug-likeness (QED) is 0.748. The second kappa shape index (κ2) is 4.06. The SMILES string of the molecule is NC(=O)CCn1ccc(C(N)C2CC2)c1. The van der Waals surface area contributed by atoms with Crippen molar-refractivity contribution in [3.05, 3.63) is 24.0 Å². The molecule has 1 saturated carbocycles. The molecule has 0 spiro atoms. The van der Waals surface area contributed by atoms with E-state index in [2.05, 4.69) is 0 Å². The molecule has 2 rings (SSSR count). The first-order valence-electron chi connectivity index (χ1n) is 5.36. The molecule has 0 aromatic carbocycles. The van der Waals surface area contributed by atoms with E-state index in [1.165, 1.54) is 18.4 Å². The molecule has 1 fully saturated rings. The second-order valence-electron chi connectivity index (χ2n) is 4.26. The molecule has 0 radical (unpaired) electrons. The molecule has 0 aliphatic heterocycles. The maximum absolute atomic E-state index is 10.6. The third-order valence-corrected chi connectivity index (χ3v) is 2.90. The van der Waals surface area contributed by atoms with Gasteiger partial charge >= 0.3 is 0 Å². The topological polar surface area (TPSA) is 74.0 Å². The minimum Gasteiger partial charge on any atom is -0.370 e. The lowest BCUT2D eigenvalue weighted by molar-refractivity contribution is -0.118. The van der Waals surface area contributed by atoms with E-state index in [9.17, 15) is 4.79 Å². The summed E-state index contributed by atoms with van der Waals surface area (Å²) in [4.78, 5) is 10.6. The molecule has 1 heterocycles. The van der Waals surface area contributed by atoms with Crippen LogP contribution in [0.3, 0.4) is 0 Å². The lowest BCUT2D eigenvalue weighted by Crippen LogP contribution is -2.14. The number of carbonyl (C=O) groups is 1. The van der Waals surface area contributed by atoms with Gasteiger partial charge in [-0.15, -0.1) is 0 Å². The summed E-state index contributed by atoms with van der Waals surface area (Å²) in [6.45, 7) is 0.646. The predicted octanol–water partition coefficient (Wildman–Crippen LogP) is 0.773. The van der Waals surface area contributed by atoms with Gasteiger partial charge in [0.05, 0.1) is 0 Å². The van der Waals surface area contributed by atoms with Gasteiger partial charge in [-0.3, -0.25) is 4.79 Å². The van der Waals surface area contributed by atoms with Crippen LogP contribution < -0.4 is 11.5 Å². The number of nitrogens with zero attached hydrogens (tertiary/aromatic N) is 1. The van der Waals surface area contributed by atoms with Crippen molar-refractivity contribution in [2.45, 2.75) is 31.8 Å². The zero-order valence-corrected chi connectivity index (χ0v) is 8.73. The Morgan fingerprint density at radius 1 is 1.60 bits per heavy atom. The van der Waals surface area contributed by atoms with E-state index in [0.29, 0.717) is 18.9 Å². The fourth-order valence-corrected chi connectivity index (χ4v) is 1.76. The third-order valence-electron chi connectivity index (χ3n) is 2.90. The van der Waals surface area contributed by atoms with Gasteiger partial charge in [0, 0.05) is 31.4 Å². The molecule has 0 bridgehead atoms. The molecule has 82 valence electrons. The van der Waals surface area contributed by atoms with Crippen molar-refractivity contribution in [3.63, 3.8) is 0 Å². The molecule has 1 aliphatic rings. The van der Waals surface area contributed by atoms with Gasteiger partial charge in [0.2, 0.25) is 5.91 Å². The summed E-state index contributed by atoms with van der Waals surface area (Å²) in [6.07, 6.45) is 6.85. The highest BCUT2D eigenvalue weighted by Gasteiger charge is 2.29. The number of aryl methyl sites for hydroxylation is 1. The number of carbonyl (C=O) groups excluding carboxylic acids is 1.